The van der Waals surface area contributed by atoms with Crippen molar-refractivity contribution < 1.29 is 18.0 Å². The molecule has 0 aromatic heterocycles. The van der Waals surface area contributed by atoms with E-state index in [9.17, 15) is 18.0 Å². The number of hydrogen-bond acceptors (Lipinski definition) is 1. The zero-order chi connectivity index (χ0) is 15.0. The summed E-state index contributed by atoms with van der Waals surface area (Å²) in [7, 11) is 0. The highest BCUT2D eigenvalue weighted by atomic mass is 19.4. The largest absolute Gasteiger partial charge is 0.416 e. The van der Waals surface area contributed by atoms with Gasteiger partial charge in [-0.25, -0.2) is 0 Å². The summed E-state index contributed by atoms with van der Waals surface area (Å²) in [5.74, 6) is -0.138. The van der Waals surface area contributed by atoms with Crippen LogP contribution in [0.25, 0.3) is 0 Å². The predicted octanol–water partition coefficient (Wildman–Crippen LogP) is 3.38. The molecule has 2 rings (SSSR count). The highest BCUT2D eigenvalue weighted by Crippen LogP contribution is 2.36. The van der Waals surface area contributed by atoms with Crippen LogP contribution in [0.2, 0.25) is 0 Å². The third-order valence-corrected chi connectivity index (χ3v) is 3.87. The molecule has 0 bridgehead atoms. The Morgan fingerprint density at radius 2 is 1.95 bits per heavy atom. The Balaban J connectivity index is 2.20. The van der Waals surface area contributed by atoms with Gasteiger partial charge in [-0.2, -0.15) is 13.2 Å². The maximum atomic E-state index is 12.5. The summed E-state index contributed by atoms with van der Waals surface area (Å²) in [6.45, 7) is 6.52. The normalized spacial score (nSPS) is 22.9. The van der Waals surface area contributed by atoms with Crippen LogP contribution in [0.4, 0.5) is 13.2 Å². The first kappa shape index (κ1) is 14.6. The summed E-state index contributed by atoms with van der Waals surface area (Å²) in [5, 5.41) is 0. The van der Waals surface area contributed by atoms with Crippen LogP contribution in [-0.4, -0.2) is 23.9 Å². The van der Waals surface area contributed by atoms with Gasteiger partial charge >= 0.3 is 6.18 Å². The zero-order valence-electron chi connectivity index (χ0n) is 11.2. The lowest BCUT2D eigenvalue weighted by atomic mass is 9.81. The molecule has 0 spiro atoms. The van der Waals surface area contributed by atoms with Gasteiger partial charge < -0.3 is 4.90 Å². The molecular weight excluding hydrogens is 267 g/mol. The van der Waals surface area contributed by atoms with E-state index in [0.29, 0.717) is 13.1 Å². The highest BCUT2D eigenvalue weighted by Gasteiger charge is 2.37. The quantitative estimate of drug-likeness (QED) is 0.762. The van der Waals surface area contributed by atoms with E-state index in [1.807, 2.05) is 6.92 Å². The molecule has 0 saturated carbocycles. The fourth-order valence-corrected chi connectivity index (χ4v) is 2.58. The molecular formula is C15H16F3NO. The number of likely N-dealkylation sites (tertiary alicyclic amines) is 1. The van der Waals surface area contributed by atoms with Crippen molar-refractivity contribution in [2.24, 2.45) is 0 Å². The Morgan fingerprint density at radius 1 is 1.35 bits per heavy atom. The molecule has 1 fully saturated rings. The molecule has 108 valence electrons. The van der Waals surface area contributed by atoms with Gasteiger partial charge in [-0.3, -0.25) is 4.79 Å². The molecule has 2 nitrogen and oxygen atoms in total. The summed E-state index contributed by atoms with van der Waals surface area (Å²) in [5.41, 5.74) is -0.130. The number of alkyl halides is 3. The van der Waals surface area contributed by atoms with Gasteiger partial charge in [-0.1, -0.05) is 25.6 Å². The summed E-state index contributed by atoms with van der Waals surface area (Å²) < 4.78 is 37.6. The molecule has 20 heavy (non-hydrogen) atoms. The SMILES string of the molecule is C=CC(=O)N1CCC(C)(c2ccc(C(F)(F)F)cc2)C1. The molecule has 1 aliphatic heterocycles. The van der Waals surface area contributed by atoms with Crippen LogP contribution >= 0.6 is 0 Å². The van der Waals surface area contributed by atoms with Crippen molar-refractivity contribution in [1.82, 2.24) is 4.90 Å². The molecule has 1 heterocycles. The maximum Gasteiger partial charge on any atom is 0.416 e. The molecule has 1 amide bonds. The summed E-state index contributed by atoms with van der Waals surface area (Å²) in [6.07, 6.45) is -2.32. The number of nitrogens with zero attached hydrogens (tertiary/aromatic N) is 1. The molecule has 1 unspecified atom stereocenters. The third kappa shape index (κ3) is 2.71. The monoisotopic (exact) mass is 283 g/mol. The summed E-state index contributed by atoms with van der Waals surface area (Å²) in [6, 6.07) is 5.20. The van der Waals surface area contributed by atoms with E-state index < -0.39 is 11.7 Å². The van der Waals surface area contributed by atoms with Crippen molar-refractivity contribution >= 4 is 5.91 Å². The molecule has 0 N–H and O–H groups in total. The first-order chi connectivity index (χ1) is 9.26. The number of amides is 1. The Hall–Kier alpha value is -1.78. The van der Waals surface area contributed by atoms with Gasteiger partial charge in [0, 0.05) is 18.5 Å². The van der Waals surface area contributed by atoms with Gasteiger partial charge in [0.15, 0.2) is 0 Å². The van der Waals surface area contributed by atoms with Crippen molar-refractivity contribution in [2.75, 3.05) is 13.1 Å². The minimum absolute atomic E-state index is 0.138. The molecule has 1 atom stereocenters. The second kappa shape index (κ2) is 4.96. The average Bonchev–Trinajstić information content (AvgIpc) is 2.81. The Bertz CT molecular complexity index is 521. The Morgan fingerprint density at radius 3 is 2.45 bits per heavy atom. The maximum absolute atomic E-state index is 12.5. The Kier molecular flexibility index (Phi) is 3.63. The fourth-order valence-electron chi connectivity index (χ4n) is 2.58. The number of rotatable bonds is 2. The molecule has 5 heteroatoms. The van der Waals surface area contributed by atoms with E-state index in [2.05, 4.69) is 6.58 Å². The van der Waals surface area contributed by atoms with Crippen LogP contribution in [0.3, 0.4) is 0 Å². The lowest BCUT2D eigenvalue weighted by Crippen LogP contribution is -2.31. The van der Waals surface area contributed by atoms with Gasteiger partial charge in [0.2, 0.25) is 5.91 Å². The van der Waals surface area contributed by atoms with E-state index >= 15 is 0 Å². The Labute approximate surface area is 115 Å². The second-order valence-corrected chi connectivity index (χ2v) is 5.35. The summed E-state index contributed by atoms with van der Waals surface area (Å²) >= 11 is 0. The van der Waals surface area contributed by atoms with Crippen LogP contribution in [0, 0.1) is 0 Å². The highest BCUT2D eigenvalue weighted by molar-refractivity contribution is 5.87. The van der Waals surface area contributed by atoms with Crippen molar-refractivity contribution in [3.63, 3.8) is 0 Å². The standard InChI is InChI=1S/C15H16F3NO/c1-3-13(20)19-9-8-14(2,10-19)11-4-6-12(7-5-11)15(16,17)18/h3-7H,1,8-10H2,2H3. The minimum Gasteiger partial charge on any atom is -0.338 e. The molecule has 0 radical (unpaired) electrons. The van der Waals surface area contributed by atoms with E-state index in [-0.39, 0.29) is 11.3 Å². The lowest BCUT2D eigenvalue weighted by molar-refractivity contribution is -0.137. The van der Waals surface area contributed by atoms with E-state index in [0.717, 1.165) is 24.1 Å². The average molecular weight is 283 g/mol. The van der Waals surface area contributed by atoms with Gasteiger partial charge in [0.05, 0.1) is 5.56 Å². The van der Waals surface area contributed by atoms with Gasteiger partial charge in [-0.15, -0.1) is 0 Å². The van der Waals surface area contributed by atoms with Crippen LogP contribution in [0.1, 0.15) is 24.5 Å². The topological polar surface area (TPSA) is 20.3 Å². The molecule has 1 aromatic carbocycles. The number of carbonyl (C=O) groups is 1. The van der Waals surface area contributed by atoms with Crippen LogP contribution in [0.5, 0.6) is 0 Å². The summed E-state index contributed by atoms with van der Waals surface area (Å²) in [4.78, 5) is 13.2. The number of carbonyl (C=O) groups excluding carboxylic acids is 1. The van der Waals surface area contributed by atoms with Gasteiger partial charge in [0.1, 0.15) is 0 Å². The van der Waals surface area contributed by atoms with Crippen molar-refractivity contribution in [2.45, 2.75) is 24.9 Å². The third-order valence-electron chi connectivity index (χ3n) is 3.87. The van der Waals surface area contributed by atoms with Gasteiger partial charge in [0.25, 0.3) is 0 Å². The number of hydrogen-bond donors (Lipinski definition) is 0. The van der Waals surface area contributed by atoms with Crippen LogP contribution < -0.4 is 0 Å². The lowest BCUT2D eigenvalue weighted by Gasteiger charge is -2.25. The van der Waals surface area contributed by atoms with E-state index in [4.69, 9.17) is 0 Å². The predicted molar refractivity (Wildman–Crippen MR) is 70.2 cm³/mol. The second-order valence-electron chi connectivity index (χ2n) is 5.35. The smallest absolute Gasteiger partial charge is 0.338 e. The molecule has 1 aliphatic rings. The van der Waals surface area contributed by atoms with Crippen LogP contribution in [-0.2, 0) is 16.4 Å². The molecule has 0 aliphatic carbocycles. The fraction of sp³-hybridized carbons (Fsp3) is 0.400. The van der Waals surface area contributed by atoms with Gasteiger partial charge in [-0.05, 0) is 30.2 Å². The molecule has 1 saturated heterocycles. The number of benzene rings is 1. The first-order valence-electron chi connectivity index (χ1n) is 6.35. The van der Waals surface area contributed by atoms with E-state index in [1.54, 1.807) is 4.90 Å². The molecule has 1 aromatic rings. The first-order valence-corrected chi connectivity index (χ1v) is 6.35. The van der Waals surface area contributed by atoms with Crippen molar-refractivity contribution in [1.29, 1.82) is 0 Å². The number of halogens is 3. The zero-order valence-corrected chi connectivity index (χ0v) is 11.2. The van der Waals surface area contributed by atoms with Crippen molar-refractivity contribution in [3.8, 4) is 0 Å². The van der Waals surface area contributed by atoms with Crippen molar-refractivity contribution in [3.05, 3.63) is 48.0 Å². The minimum atomic E-state index is -4.32. The van der Waals surface area contributed by atoms with E-state index in [1.165, 1.54) is 18.2 Å². The van der Waals surface area contributed by atoms with Crippen LogP contribution in [0.15, 0.2) is 36.9 Å².